The normalized spacial score (nSPS) is 21.9. The minimum Gasteiger partial charge on any atom is -0.459 e. The first-order valence-electron chi connectivity index (χ1n) is 8.80. The van der Waals surface area contributed by atoms with E-state index >= 15 is 0 Å². The predicted molar refractivity (Wildman–Crippen MR) is 89.2 cm³/mol. The minimum absolute atomic E-state index is 0.0208. The Morgan fingerprint density at radius 1 is 1.10 bits per heavy atom. The third-order valence-corrected chi connectivity index (χ3v) is 5.64. The highest BCUT2D eigenvalue weighted by Gasteiger charge is 2.48. The van der Waals surface area contributed by atoms with Crippen LogP contribution in [-0.2, 0) is 9.53 Å². The zero-order valence-corrected chi connectivity index (χ0v) is 15.3. The van der Waals surface area contributed by atoms with Gasteiger partial charge in [-0.05, 0) is 56.8 Å². The SMILES string of the molecule is CCC1(OC(=O)C(C)(CC(C)C)C(C)(C)C)CCCCC1. The molecule has 0 spiro atoms. The number of carbonyl (C=O) groups is 1. The highest BCUT2D eigenvalue weighted by Crippen LogP contribution is 2.46. The van der Waals surface area contributed by atoms with Crippen LogP contribution in [0.5, 0.6) is 0 Å². The van der Waals surface area contributed by atoms with Crippen LogP contribution in [0.2, 0.25) is 0 Å². The maximum atomic E-state index is 13.1. The highest BCUT2D eigenvalue weighted by atomic mass is 16.6. The van der Waals surface area contributed by atoms with E-state index in [4.69, 9.17) is 4.74 Å². The molecule has 1 atom stereocenters. The summed E-state index contributed by atoms with van der Waals surface area (Å²) >= 11 is 0. The number of hydrogen-bond donors (Lipinski definition) is 0. The third kappa shape index (κ3) is 4.23. The minimum atomic E-state index is -0.416. The largest absolute Gasteiger partial charge is 0.459 e. The molecule has 0 amide bonds. The van der Waals surface area contributed by atoms with Crippen LogP contribution in [0.1, 0.15) is 93.4 Å². The Morgan fingerprint density at radius 3 is 2.00 bits per heavy atom. The molecule has 0 radical (unpaired) electrons. The second-order valence-corrected chi connectivity index (χ2v) is 8.67. The molecule has 0 N–H and O–H groups in total. The van der Waals surface area contributed by atoms with Gasteiger partial charge in [0.2, 0.25) is 0 Å². The molecule has 1 aliphatic carbocycles. The van der Waals surface area contributed by atoms with E-state index in [1.54, 1.807) is 0 Å². The lowest BCUT2D eigenvalue weighted by Gasteiger charge is -2.45. The van der Waals surface area contributed by atoms with E-state index in [9.17, 15) is 4.79 Å². The average Bonchev–Trinajstić information content (AvgIpc) is 2.37. The number of esters is 1. The number of ether oxygens (including phenoxy) is 1. The van der Waals surface area contributed by atoms with Crippen molar-refractivity contribution in [2.75, 3.05) is 0 Å². The first-order valence-corrected chi connectivity index (χ1v) is 8.80. The first kappa shape index (κ1) is 18.5. The van der Waals surface area contributed by atoms with Gasteiger partial charge in [-0.15, -0.1) is 0 Å². The molecule has 1 rings (SSSR count). The van der Waals surface area contributed by atoms with E-state index in [0.29, 0.717) is 5.92 Å². The lowest BCUT2D eigenvalue weighted by atomic mass is 9.64. The van der Waals surface area contributed by atoms with Crippen molar-refractivity contribution >= 4 is 5.97 Å². The van der Waals surface area contributed by atoms with Crippen molar-refractivity contribution in [3.63, 3.8) is 0 Å². The molecule has 0 saturated heterocycles. The summed E-state index contributed by atoms with van der Waals surface area (Å²) < 4.78 is 6.18. The topological polar surface area (TPSA) is 26.3 Å². The molecule has 0 bridgehead atoms. The van der Waals surface area contributed by atoms with Crippen molar-refractivity contribution in [1.29, 1.82) is 0 Å². The van der Waals surface area contributed by atoms with Crippen LogP contribution in [0.4, 0.5) is 0 Å². The molecular formula is C19H36O2. The summed E-state index contributed by atoms with van der Waals surface area (Å²) in [5.41, 5.74) is -0.697. The molecule has 1 fully saturated rings. The lowest BCUT2D eigenvalue weighted by molar-refractivity contribution is -0.184. The quantitative estimate of drug-likeness (QED) is 0.605. The van der Waals surface area contributed by atoms with Crippen LogP contribution < -0.4 is 0 Å². The van der Waals surface area contributed by atoms with Crippen molar-refractivity contribution in [3.8, 4) is 0 Å². The van der Waals surface area contributed by atoms with Crippen molar-refractivity contribution in [2.24, 2.45) is 16.7 Å². The lowest BCUT2D eigenvalue weighted by Crippen LogP contribution is -2.47. The van der Waals surface area contributed by atoms with Crippen molar-refractivity contribution in [2.45, 2.75) is 99.0 Å². The number of hydrogen-bond acceptors (Lipinski definition) is 2. The molecule has 1 aliphatic rings. The van der Waals surface area contributed by atoms with Crippen molar-refractivity contribution in [1.82, 2.24) is 0 Å². The second kappa shape index (κ2) is 6.71. The van der Waals surface area contributed by atoms with Crippen molar-refractivity contribution < 1.29 is 9.53 Å². The van der Waals surface area contributed by atoms with E-state index in [1.165, 1.54) is 19.3 Å². The summed E-state index contributed by atoms with van der Waals surface area (Å²) in [6.45, 7) is 15.1. The molecule has 1 unspecified atom stereocenters. The summed E-state index contributed by atoms with van der Waals surface area (Å²) in [5, 5.41) is 0. The van der Waals surface area contributed by atoms with Gasteiger partial charge in [-0.1, -0.05) is 48.0 Å². The van der Waals surface area contributed by atoms with Crippen LogP contribution in [0.15, 0.2) is 0 Å². The average molecular weight is 296 g/mol. The van der Waals surface area contributed by atoms with Gasteiger partial charge in [0.1, 0.15) is 5.60 Å². The Hall–Kier alpha value is -0.530. The summed E-state index contributed by atoms with van der Waals surface area (Å²) in [7, 11) is 0. The van der Waals surface area contributed by atoms with Crippen LogP contribution >= 0.6 is 0 Å². The summed E-state index contributed by atoms with van der Waals surface area (Å²) in [6.07, 6.45) is 7.57. The molecule has 0 aliphatic heterocycles. The van der Waals surface area contributed by atoms with Gasteiger partial charge < -0.3 is 4.74 Å². The smallest absolute Gasteiger partial charge is 0.312 e. The maximum Gasteiger partial charge on any atom is 0.312 e. The van der Waals surface area contributed by atoms with Gasteiger partial charge in [-0.3, -0.25) is 4.79 Å². The van der Waals surface area contributed by atoms with Gasteiger partial charge in [-0.2, -0.15) is 0 Å². The van der Waals surface area contributed by atoms with E-state index in [0.717, 1.165) is 25.7 Å². The van der Waals surface area contributed by atoms with Gasteiger partial charge in [0, 0.05) is 0 Å². The molecule has 124 valence electrons. The zero-order chi connectivity index (χ0) is 16.3. The Labute approximate surface area is 132 Å². The van der Waals surface area contributed by atoms with Gasteiger partial charge in [0.05, 0.1) is 5.41 Å². The van der Waals surface area contributed by atoms with Crippen LogP contribution in [0.25, 0.3) is 0 Å². The Balaban J connectivity index is 2.95. The Kier molecular flexibility index (Phi) is 5.91. The number of carbonyl (C=O) groups excluding carboxylic acids is 1. The molecule has 2 heteroatoms. The Bertz CT molecular complexity index is 345. The second-order valence-electron chi connectivity index (χ2n) is 8.67. The third-order valence-electron chi connectivity index (χ3n) is 5.64. The summed E-state index contributed by atoms with van der Waals surface area (Å²) in [4.78, 5) is 13.1. The van der Waals surface area contributed by atoms with Crippen LogP contribution in [0, 0.1) is 16.7 Å². The van der Waals surface area contributed by atoms with E-state index in [2.05, 4.69) is 48.5 Å². The van der Waals surface area contributed by atoms with Gasteiger partial charge in [0.15, 0.2) is 0 Å². The van der Waals surface area contributed by atoms with E-state index < -0.39 is 5.41 Å². The Morgan fingerprint density at radius 2 is 1.62 bits per heavy atom. The molecule has 0 aromatic carbocycles. The molecule has 21 heavy (non-hydrogen) atoms. The highest BCUT2D eigenvalue weighted by molar-refractivity contribution is 5.78. The predicted octanol–water partition coefficient (Wildman–Crippen LogP) is 5.74. The summed E-state index contributed by atoms with van der Waals surface area (Å²) in [5.74, 6) is 0.512. The fraction of sp³-hybridized carbons (Fsp3) is 0.947. The fourth-order valence-corrected chi connectivity index (χ4v) is 3.55. The molecule has 0 heterocycles. The molecule has 0 aromatic rings. The van der Waals surface area contributed by atoms with Crippen LogP contribution in [0.3, 0.4) is 0 Å². The summed E-state index contributed by atoms with van der Waals surface area (Å²) in [6, 6.07) is 0. The first-order chi connectivity index (χ1) is 9.56. The standard InChI is InChI=1S/C19H36O2/c1-8-19(12-10-9-11-13-19)21-16(20)18(7,14-15(2)3)17(4,5)6/h15H,8-14H2,1-7H3. The molecule has 2 nitrogen and oxygen atoms in total. The fourth-order valence-electron chi connectivity index (χ4n) is 3.55. The van der Waals surface area contributed by atoms with Crippen LogP contribution in [-0.4, -0.2) is 11.6 Å². The number of rotatable bonds is 5. The molecule has 1 saturated carbocycles. The van der Waals surface area contributed by atoms with Crippen molar-refractivity contribution in [3.05, 3.63) is 0 Å². The van der Waals surface area contributed by atoms with Gasteiger partial charge in [0.25, 0.3) is 0 Å². The zero-order valence-electron chi connectivity index (χ0n) is 15.3. The van der Waals surface area contributed by atoms with E-state index in [1.807, 2.05) is 0 Å². The van der Waals surface area contributed by atoms with Gasteiger partial charge in [-0.25, -0.2) is 0 Å². The molecular weight excluding hydrogens is 260 g/mol. The monoisotopic (exact) mass is 296 g/mol. The van der Waals surface area contributed by atoms with Gasteiger partial charge >= 0.3 is 5.97 Å². The molecule has 0 aromatic heterocycles. The van der Waals surface area contributed by atoms with E-state index in [-0.39, 0.29) is 17.0 Å². The maximum absolute atomic E-state index is 13.1.